The SMILES string of the molecule is COc1ccc(-n2c(=O)c(NC(=O)c3ccccc3)c3n(c2=S)CCCCCC3)cc1. The third-order valence-corrected chi connectivity index (χ3v) is 6.01. The summed E-state index contributed by atoms with van der Waals surface area (Å²) in [5.41, 5.74) is 1.95. The molecule has 0 fully saturated rings. The molecule has 1 amide bonds. The standard InChI is InChI=1S/C24H25N3O3S/c1-30-19-14-12-18(13-15-19)27-23(29)21(25-22(28)17-9-5-4-6-10-17)20-11-7-2-3-8-16-26(20)24(27)31/h4-6,9-10,12-15H,2-3,7-8,11,16H2,1H3,(H,25,28). The highest BCUT2D eigenvalue weighted by atomic mass is 32.1. The molecule has 1 N–H and O–H groups in total. The summed E-state index contributed by atoms with van der Waals surface area (Å²) in [6.45, 7) is 0.721. The molecule has 0 bridgehead atoms. The highest BCUT2D eigenvalue weighted by Crippen LogP contribution is 2.23. The van der Waals surface area contributed by atoms with Crippen molar-refractivity contribution >= 4 is 23.8 Å². The van der Waals surface area contributed by atoms with Gasteiger partial charge in [0.15, 0.2) is 4.77 Å². The zero-order valence-electron chi connectivity index (χ0n) is 17.5. The minimum absolute atomic E-state index is 0.305. The fourth-order valence-electron chi connectivity index (χ4n) is 3.96. The zero-order valence-corrected chi connectivity index (χ0v) is 18.3. The molecular weight excluding hydrogens is 410 g/mol. The van der Waals surface area contributed by atoms with Crippen molar-refractivity contribution in [2.75, 3.05) is 12.4 Å². The first-order valence-corrected chi connectivity index (χ1v) is 10.9. The van der Waals surface area contributed by atoms with E-state index in [0.29, 0.717) is 33.9 Å². The van der Waals surface area contributed by atoms with Gasteiger partial charge in [-0.05, 0) is 67.9 Å². The number of fused-ring (bicyclic) bond motifs is 1. The molecule has 1 aliphatic heterocycles. The molecule has 0 aliphatic carbocycles. The van der Waals surface area contributed by atoms with Crippen LogP contribution in [0.4, 0.5) is 5.69 Å². The highest BCUT2D eigenvalue weighted by Gasteiger charge is 2.21. The van der Waals surface area contributed by atoms with Crippen LogP contribution < -0.4 is 15.6 Å². The van der Waals surface area contributed by atoms with Gasteiger partial charge >= 0.3 is 0 Å². The second-order valence-corrected chi connectivity index (χ2v) is 7.94. The predicted molar refractivity (Wildman–Crippen MR) is 124 cm³/mol. The van der Waals surface area contributed by atoms with E-state index in [1.165, 1.54) is 4.57 Å². The minimum Gasteiger partial charge on any atom is -0.497 e. The van der Waals surface area contributed by atoms with E-state index in [0.717, 1.165) is 37.9 Å². The molecule has 160 valence electrons. The Balaban J connectivity index is 1.89. The van der Waals surface area contributed by atoms with Crippen molar-refractivity contribution < 1.29 is 9.53 Å². The van der Waals surface area contributed by atoms with E-state index >= 15 is 0 Å². The molecule has 3 aromatic rings. The van der Waals surface area contributed by atoms with Crippen LogP contribution in [0.25, 0.3) is 5.69 Å². The molecule has 1 aliphatic rings. The Morgan fingerprint density at radius 1 is 1.00 bits per heavy atom. The van der Waals surface area contributed by atoms with Gasteiger partial charge < -0.3 is 14.6 Å². The number of aromatic nitrogens is 2. The number of ether oxygens (including phenoxy) is 1. The predicted octanol–water partition coefficient (Wildman–Crippen LogP) is 4.75. The molecule has 6 nitrogen and oxygen atoms in total. The number of rotatable bonds is 4. The maximum atomic E-state index is 13.6. The average Bonchev–Trinajstić information content (AvgIpc) is 2.78. The van der Waals surface area contributed by atoms with E-state index < -0.39 is 0 Å². The summed E-state index contributed by atoms with van der Waals surface area (Å²) >= 11 is 5.76. The van der Waals surface area contributed by atoms with E-state index in [4.69, 9.17) is 17.0 Å². The topological polar surface area (TPSA) is 65.3 Å². The Labute approximate surface area is 186 Å². The van der Waals surface area contributed by atoms with Gasteiger partial charge in [-0.2, -0.15) is 0 Å². The number of nitrogens with one attached hydrogen (secondary N) is 1. The largest absolute Gasteiger partial charge is 0.497 e. The van der Waals surface area contributed by atoms with Crippen molar-refractivity contribution in [2.24, 2.45) is 0 Å². The minimum atomic E-state index is -0.314. The van der Waals surface area contributed by atoms with Crippen LogP contribution in [0, 0.1) is 4.77 Å². The first-order valence-electron chi connectivity index (χ1n) is 10.5. The Bertz CT molecular complexity index is 1200. The van der Waals surface area contributed by atoms with Crippen molar-refractivity contribution in [3.63, 3.8) is 0 Å². The van der Waals surface area contributed by atoms with Crippen LogP contribution in [0.1, 0.15) is 41.7 Å². The zero-order chi connectivity index (χ0) is 21.8. The first-order chi connectivity index (χ1) is 15.1. The van der Waals surface area contributed by atoms with Crippen molar-refractivity contribution in [1.82, 2.24) is 9.13 Å². The number of methoxy groups -OCH3 is 1. The first kappa shape index (κ1) is 21.1. The molecule has 0 atom stereocenters. The Morgan fingerprint density at radius 3 is 2.42 bits per heavy atom. The third kappa shape index (κ3) is 4.32. The lowest BCUT2D eigenvalue weighted by Gasteiger charge is -2.23. The van der Waals surface area contributed by atoms with Crippen molar-refractivity contribution in [3.05, 3.63) is 81.0 Å². The number of amides is 1. The van der Waals surface area contributed by atoms with Crippen molar-refractivity contribution in [1.29, 1.82) is 0 Å². The number of carbonyl (C=O) groups excluding carboxylic acids is 1. The quantitative estimate of drug-likeness (QED) is 0.601. The number of carbonyl (C=O) groups is 1. The van der Waals surface area contributed by atoms with Crippen molar-refractivity contribution in [3.8, 4) is 11.4 Å². The van der Waals surface area contributed by atoms with Gasteiger partial charge in [0.25, 0.3) is 11.5 Å². The van der Waals surface area contributed by atoms with E-state index in [9.17, 15) is 9.59 Å². The summed E-state index contributed by atoms with van der Waals surface area (Å²) in [6.07, 6.45) is 4.85. The molecule has 4 rings (SSSR count). The van der Waals surface area contributed by atoms with Gasteiger partial charge in [-0.1, -0.05) is 31.0 Å². The molecule has 2 aromatic carbocycles. The fourth-order valence-corrected chi connectivity index (χ4v) is 4.35. The third-order valence-electron chi connectivity index (χ3n) is 5.60. The molecule has 0 saturated heterocycles. The van der Waals surface area contributed by atoms with Gasteiger partial charge in [0.05, 0.1) is 12.8 Å². The van der Waals surface area contributed by atoms with Crippen LogP contribution in [0.15, 0.2) is 59.4 Å². The van der Waals surface area contributed by atoms with E-state index in [-0.39, 0.29) is 11.5 Å². The second kappa shape index (κ2) is 9.31. The van der Waals surface area contributed by atoms with Gasteiger partial charge in [0.1, 0.15) is 11.4 Å². The van der Waals surface area contributed by atoms with Crippen LogP contribution in [-0.4, -0.2) is 22.2 Å². The summed E-state index contributed by atoms with van der Waals surface area (Å²) in [6, 6.07) is 16.1. The van der Waals surface area contributed by atoms with Gasteiger partial charge in [-0.15, -0.1) is 0 Å². The van der Waals surface area contributed by atoms with E-state index in [1.807, 2.05) is 10.6 Å². The highest BCUT2D eigenvalue weighted by molar-refractivity contribution is 7.71. The molecule has 0 saturated carbocycles. The maximum absolute atomic E-state index is 13.6. The molecular formula is C24H25N3O3S. The van der Waals surface area contributed by atoms with Crippen molar-refractivity contribution in [2.45, 2.75) is 38.6 Å². The summed E-state index contributed by atoms with van der Waals surface area (Å²) < 4.78 is 9.20. The Morgan fingerprint density at radius 2 is 1.71 bits per heavy atom. The smallest absolute Gasteiger partial charge is 0.282 e. The van der Waals surface area contributed by atoms with Gasteiger partial charge in [-0.3, -0.25) is 14.2 Å². The number of nitrogens with zero attached hydrogens (tertiary/aromatic N) is 2. The number of benzene rings is 2. The van der Waals surface area contributed by atoms with Gasteiger partial charge in [0.2, 0.25) is 0 Å². The fraction of sp³-hybridized carbons (Fsp3) is 0.292. The lowest BCUT2D eigenvalue weighted by atomic mass is 10.1. The molecule has 1 aromatic heterocycles. The lowest BCUT2D eigenvalue weighted by Crippen LogP contribution is -2.32. The number of anilines is 1. The summed E-state index contributed by atoms with van der Waals surface area (Å²) in [5, 5.41) is 2.90. The summed E-state index contributed by atoms with van der Waals surface area (Å²) in [7, 11) is 1.60. The van der Waals surface area contributed by atoms with E-state index in [1.54, 1.807) is 55.6 Å². The molecule has 7 heteroatoms. The molecule has 0 unspecified atom stereocenters. The van der Waals surface area contributed by atoms with Crippen LogP contribution in [0.2, 0.25) is 0 Å². The van der Waals surface area contributed by atoms with Crippen LogP contribution in [0.5, 0.6) is 5.75 Å². The molecule has 31 heavy (non-hydrogen) atoms. The van der Waals surface area contributed by atoms with Crippen LogP contribution in [-0.2, 0) is 13.0 Å². The van der Waals surface area contributed by atoms with Gasteiger partial charge in [0, 0.05) is 17.8 Å². The van der Waals surface area contributed by atoms with E-state index in [2.05, 4.69) is 5.32 Å². The molecule has 0 spiro atoms. The number of hydrogen-bond donors (Lipinski definition) is 1. The monoisotopic (exact) mass is 435 g/mol. The molecule has 0 radical (unpaired) electrons. The Hall–Kier alpha value is -3.19. The van der Waals surface area contributed by atoms with Gasteiger partial charge in [-0.25, -0.2) is 0 Å². The van der Waals surface area contributed by atoms with Crippen LogP contribution in [0.3, 0.4) is 0 Å². The average molecular weight is 436 g/mol. The maximum Gasteiger partial charge on any atom is 0.282 e. The summed E-state index contributed by atoms with van der Waals surface area (Å²) in [5.74, 6) is 0.389. The molecule has 2 heterocycles. The normalized spacial score (nSPS) is 13.6. The second-order valence-electron chi connectivity index (χ2n) is 7.58. The summed E-state index contributed by atoms with van der Waals surface area (Å²) in [4.78, 5) is 26.5. The number of hydrogen-bond acceptors (Lipinski definition) is 4. The lowest BCUT2D eigenvalue weighted by molar-refractivity contribution is 0.102. The van der Waals surface area contributed by atoms with Crippen LogP contribution >= 0.6 is 12.2 Å². The Kier molecular flexibility index (Phi) is 6.32.